The molecule has 20 heavy (non-hydrogen) atoms. The highest BCUT2D eigenvalue weighted by atomic mass is 16.6. The Bertz CT molecular complexity index is 383. The highest BCUT2D eigenvalue weighted by Crippen LogP contribution is 2.50. The molecule has 6 atom stereocenters. The van der Waals surface area contributed by atoms with E-state index in [4.69, 9.17) is 9.47 Å². The van der Waals surface area contributed by atoms with E-state index in [2.05, 4.69) is 6.92 Å². The molecule has 0 bridgehead atoms. The number of ether oxygens (including phenoxy) is 2. The Morgan fingerprint density at radius 2 is 2.10 bits per heavy atom. The molecule has 0 aromatic heterocycles. The van der Waals surface area contributed by atoms with Gasteiger partial charge in [0.2, 0.25) is 0 Å². The smallest absolute Gasteiger partial charge is 0.306 e. The van der Waals surface area contributed by atoms with Crippen LogP contribution in [0.4, 0.5) is 0 Å². The minimum Gasteiger partial charge on any atom is -0.481 e. The van der Waals surface area contributed by atoms with Crippen LogP contribution in [-0.2, 0) is 14.3 Å². The normalized spacial score (nSPS) is 47.6. The molecule has 114 valence electrons. The maximum absolute atomic E-state index is 11.2. The van der Waals surface area contributed by atoms with Gasteiger partial charge in [0.05, 0.1) is 24.7 Å². The molecule has 3 aliphatic rings. The zero-order valence-electron chi connectivity index (χ0n) is 12.5. The number of rotatable bonds is 4. The summed E-state index contributed by atoms with van der Waals surface area (Å²) in [6, 6.07) is 0. The first kappa shape index (κ1) is 14.3. The second-order valence-corrected chi connectivity index (χ2v) is 7.22. The van der Waals surface area contributed by atoms with Crippen LogP contribution in [0.2, 0.25) is 0 Å². The molecule has 1 N–H and O–H groups in total. The number of carbonyl (C=O) groups is 1. The van der Waals surface area contributed by atoms with Crippen LogP contribution in [0.25, 0.3) is 0 Å². The van der Waals surface area contributed by atoms with Gasteiger partial charge in [0.1, 0.15) is 5.60 Å². The summed E-state index contributed by atoms with van der Waals surface area (Å²) >= 11 is 0. The lowest BCUT2D eigenvalue weighted by atomic mass is 9.79. The van der Waals surface area contributed by atoms with Gasteiger partial charge in [-0.2, -0.15) is 0 Å². The average Bonchev–Trinajstić information content (AvgIpc) is 3.11. The van der Waals surface area contributed by atoms with Gasteiger partial charge < -0.3 is 14.6 Å². The van der Waals surface area contributed by atoms with Crippen molar-refractivity contribution in [3.63, 3.8) is 0 Å². The maximum Gasteiger partial charge on any atom is 0.306 e. The predicted molar refractivity (Wildman–Crippen MR) is 74.5 cm³/mol. The van der Waals surface area contributed by atoms with E-state index in [0.717, 1.165) is 31.6 Å². The summed E-state index contributed by atoms with van der Waals surface area (Å²) < 4.78 is 11.9. The number of carboxylic acid groups (broad SMARTS) is 1. The molecule has 0 aromatic carbocycles. The van der Waals surface area contributed by atoms with Gasteiger partial charge >= 0.3 is 5.97 Å². The summed E-state index contributed by atoms with van der Waals surface area (Å²) in [4.78, 5) is 11.2. The van der Waals surface area contributed by atoms with Crippen molar-refractivity contribution in [1.29, 1.82) is 0 Å². The summed E-state index contributed by atoms with van der Waals surface area (Å²) in [5, 5.41) is 9.25. The highest BCUT2D eigenvalue weighted by molar-refractivity contribution is 5.70. The van der Waals surface area contributed by atoms with Crippen molar-refractivity contribution in [2.45, 2.75) is 70.2 Å². The molecule has 0 aromatic rings. The fourth-order valence-electron chi connectivity index (χ4n) is 3.94. The van der Waals surface area contributed by atoms with Gasteiger partial charge in [-0.3, -0.25) is 4.79 Å². The predicted octanol–water partition coefficient (Wildman–Crippen LogP) is 2.85. The topological polar surface area (TPSA) is 59.1 Å². The lowest BCUT2D eigenvalue weighted by Crippen LogP contribution is -2.36. The lowest BCUT2D eigenvalue weighted by Gasteiger charge is -2.32. The standard InChI is InChI=1S/C16H26O4/c1-10-5-6-16(14(7-10)20-16)9-19-12-4-3-11(2)13(8-12)15(17)18/h10-14H,3-9H2,1-2H3,(H,17,18). The van der Waals surface area contributed by atoms with Crippen molar-refractivity contribution in [1.82, 2.24) is 0 Å². The van der Waals surface area contributed by atoms with Gasteiger partial charge in [-0.25, -0.2) is 0 Å². The molecule has 4 nitrogen and oxygen atoms in total. The van der Waals surface area contributed by atoms with Crippen LogP contribution >= 0.6 is 0 Å². The fraction of sp³-hybridized carbons (Fsp3) is 0.938. The number of epoxide rings is 1. The Balaban J connectivity index is 1.49. The number of aliphatic carboxylic acids is 1. The van der Waals surface area contributed by atoms with E-state index in [1.54, 1.807) is 0 Å². The second-order valence-electron chi connectivity index (χ2n) is 7.22. The summed E-state index contributed by atoms with van der Waals surface area (Å²) in [5.41, 5.74) is -0.0196. The first-order valence-electron chi connectivity index (χ1n) is 8.02. The Hall–Kier alpha value is -0.610. The lowest BCUT2D eigenvalue weighted by molar-refractivity contribution is -0.147. The molecule has 3 fully saturated rings. The van der Waals surface area contributed by atoms with Crippen molar-refractivity contribution in [3.05, 3.63) is 0 Å². The van der Waals surface area contributed by atoms with Crippen molar-refractivity contribution in [2.24, 2.45) is 17.8 Å². The van der Waals surface area contributed by atoms with E-state index in [1.165, 1.54) is 6.42 Å². The van der Waals surface area contributed by atoms with Crippen LogP contribution in [0.5, 0.6) is 0 Å². The zero-order chi connectivity index (χ0) is 14.3. The minimum absolute atomic E-state index is 0.0196. The Kier molecular flexibility index (Phi) is 3.80. The van der Waals surface area contributed by atoms with Gasteiger partial charge in [0.25, 0.3) is 0 Å². The monoisotopic (exact) mass is 282 g/mol. The quantitative estimate of drug-likeness (QED) is 0.805. The largest absolute Gasteiger partial charge is 0.481 e. The van der Waals surface area contributed by atoms with Crippen LogP contribution in [0.3, 0.4) is 0 Å². The first-order chi connectivity index (χ1) is 9.50. The summed E-state index contributed by atoms with van der Waals surface area (Å²) in [5.74, 6) is 0.123. The zero-order valence-corrected chi connectivity index (χ0v) is 12.5. The second kappa shape index (κ2) is 5.30. The van der Waals surface area contributed by atoms with Crippen LogP contribution in [0.1, 0.15) is 52.4 Å². The molecule has 2 aliphatic carbocycles. The number of carboxylic acids is 1. The van der Waals surface area contributed by atoms with Gasteiger partial charge in [-0.15, -0.1) is 0 Å². The summed E-state index contributed by atoms with van der Waals surface area (Å²) in [6.45, 7) is 4.98. The first-order valence-corrected chi connectivity index (χ1v) is 8.02. The molecule has 2 saturated carbocycles. The molecule has 1 aliphatic heterocycles. The van der Waals surface area contributed by atoms with Gasteiger partial charge in [0.15, 0.2) is 0 Å². The fourth-order valence-corrected chi connectivity index (χ4v) is 3.94. The highest BCUT2D eigenvalue weighted by Gasteiger charge is 2.58. The van der Waals surface area contributed by atoms with E-state index in [-0.39, 0.29) is 23.5 Å². The third-order valence-electron chi connectivity index (χ3n) is 5.61. The van der Waals surface area contributed by atoms with Crippen LogP contribution in [0, 0.1) is 17.8 Å². The summed E-state index contributed by atoms with van der Waals surface area (Å²) in [7, 11) is 0. The van der Waals surface area contributed by atoms with Crippen molar-refractivity contribution in [2.75, 3.05) is 6.61 Å². The molecule has 6 unspecified atom stereocenters. The number of hydrogen-bond donors (Lipinski definition) is 1. The Morgan fingerprint density at radius 1 is 1.30 bits per heavy atom. The maximum atomic E-state index is 11.2. The summed E-state index contributed by atoms with van der Waals surface area (Å²) in [6.07, 6.45) is 6.58. The molecular formula is C16H26O4. The van der Waals surface area contributed by atoms with Crippen molar-refractivity contribution >= 4 is 5.97 Å². The molecule has 0 radical (unpaired) electrons. The van der Waals surface area contributed by atoms with Crippen LogP contribution in [0.15, 0.2) is 0 Å². The van der Waals surface area contributed by atoms with Crippen LogP contribution in [-0.4, -0.2) is 35.5 Å². The molecule has 0 amide bonds. The Labute approximate surface area is 120 Å². The van der Waals surface area contributed by atoms with Crippen molar-refractivity contribution < 1.29 is 19.4 Å². The third-order valence-corrected chi connectivity index (χ3v) is 5.61. The van der Waals surface area contributed by atoms with E-state index in [1.807, 2.05) is 6.92 Å². The third kappa shape index (κ3) is 2.73. The van der Waals surface area contributed by atoms with E-state index in [0.29, 0.717) is 19.1 Å². The molecule has 1 saturated heterocycles. The van der Waals surface area contributed by atoms with E-state index >= 15 is 0 Å². The van der Waals surface area contributed by atoms with E-state index < -0.39 is 5.97 Å². The van der Waals surface area contributed by atoms with Gasteiger partial charge in [0, 0.05) is 0 Å². The minimum atomic E-state index is -0.670. The van der Waals surface area contributed by atoms with Gasteiger partial charge in [-0.05, 0) is 50.4 Å². The van der Waals surface area contributed by atoms with Gasteiger partial charge in [-0.1, -0.05) is 13.8 Å². The average molecular weight is 282 g/mol. The molecular weight excluding hydrogens is 256 g/mol. The van der Waals surface area contributed by atoms with E-state index in [9.17, 15) is 9.90 Å². The molecule has 1 heterocycles. The number of hydrogen-bond acceptors (Lipinski definition) is 3. The molecule has 0 spiro atoms. The SMILES string of the molecule is CC1CCC2(COC3CCC(C)C(C(=O)O)C3)OC2C1. The van der Waals surface area contributed by atoms with Crippen molar-refractivity contribution in [3.8, 4) is 0 Å². The number of fused-ring (bicyclic) bond motifs is 1. The van der Waals surface area contributed by atoms with Crippen LogP contribution < -0.4 is 0 Å². The molecule has 4 heteroatoms. The Morgan fingerprint density at radius 3 is 2.80 bits per heavy atom. The molecule has 3 rings (SSSR count).